The number of hydrogen-bond acceptors (Lipinski definition) is 3. The van der Waals surface area contributed by atoms with Gasteiger partial charge in [-0.3, -0.25) is 4.79 Å². The highest BCUT2D eigenvalue weighted by atomic mass is 19.3. The predicted octanol–water partition coefficient (Wildman–Crippen LogP) is 3.32. The number of rotatable bonds is 4. The molecule has 0 unspecified atom stereocenters. The molecule has 1 heterocycles. The maximum atomic E-state index is 12.5. The van der Waals surface area contributed by atoms with Crippen molar-refractivity contribution in [2.45, 2.75) is 38.4 Å². The Kier molecular flexibility index (Phi) is 5.34. The second-order valence-electron chi connectivity index (χ2n) is 5.71. The van der Waals surface area contributed by atoms with Crippen molar-refractivity contribution in [3.63, 3.8) is 0 Å². The second-order valence-corrected chi connectivity index (χ2v) is 5.71. The third kappa shape index (κ3) is 4.16. The van der Waals surface area contributed by atoms with Gasteiger partial charge in [-0.05, 0) is 44.4 Å². The molecule has 1 amide bonds. The molecule has 1 saturated heterocycles. The van der Waals surface area contributed by atoms with Crippen molar-refractivity contribution in [2.75, 3.05) is 20.2 Å². The van der Waals surface area contributed by atoms with Crippen LogP contribution in [0.4, 0.5) is 8.78 Å². The molecule has 0 bridgehead atoms. The van der Waals surface area contributed by atoms with E-state index in [0.29, 0.717) is 18.7 Å². The van der Waals surface area contributed by atoms with Crippen molar-refractivity contribution in [2.24, 2.45) is 0 Å². The lowest BCUT2D eigenvalue weighted by Gasteiger charge is -2.26. The summed E-state index contributed by atoms with van der Waals surface area (Å²) in [4.78, 5) is 14.3. The number of halogens is 2. The normalized spacial score (nSPS) is 22.5. The first-order valence-electron chi connectivity index (χ1n) is 7.33. The Morgan fingerprint density at radius 1 is 1.32 bits per heavy atom. The molecule has 1 aliphatic heterocycles. The van der Waals surface area contributed by atoms with Gasteiger partial charge in [0.2, 0.25) is 0 Å². The van der Waals surface area contributed by atoms with E-state index in [-0.39, 0.29) is 17.3 Å². The van der Waals surface area contributed by atoms with Crippen LogP contribution in [0.25, 0.3) is 0 Å². The molecule has 4 nitrogen and oxygen atoms in total. The highest BCUT2D eigenvalue weighted by Gasteiger charge is 2.29. The van der Waals surface area contributed by atoms with Gasteiger partial charge >= 0.3 is 6.61 Å². The molecule has 1 aromatic rings. The van der Waals surface area contributed by atoms with Gasteiger partial charge in [-0.25, -0.2) is 0 Å². The number of carbonyl (C=O) groups is 1. The maximum absolute atomic E-state index is 12.5. The van der Waals surface area contributed by atoms with E-state index in [2.05, 4.69) is 4.74 Å². The van der Waals surface area contributed by atoms with Gasteiger partial charge in [0.1, 0.15) is 5.75 Å². The molecule has 1 atom stereocenters. The van der Waals surface area contributed by atoms with Crippen molar-refractivity contribution in [1.82, 2.24) is 4.90 Å². The largest absolute Gasteiger partial charge is 0.435 e. The topological polar surface area (TPSA) is 38.8 Å². The molecule has 1 aliphatic rings. The van der Waals surface area contributed by atoms with E-state index < -0.39 is 6.61 Å². The van der Waals surface area contributed by atoms with E-state index in [1.165, 1.54) is 12.1 Å². The first-order valence-corrected chi connectivity index (χ1v) is 7.33. The number of benzene rings is 1. The minimum atomic E-state index is -2.90. The second kappa shape index (κ2) is 7.05. The van der Waals surface area contributed by atoms with Crippen molar-refractivity contribution >= 4 is 5.91 Å². The lowest BCUT2D eigenvalue weighted by Crippen LogP contribution is -2.34. The van der Waals surface area contributed by atoms with Crippen LogP contribution in [0.5, 0.6) is 5.75 Å². The van der Waals surface area contributed by atoms with Gasteiger partial charge < -0.3 is 14.4 Å². The Hall–Kier alpha value is -1.69. The molecule has 6 heteroatoms. The zero-order valence-corrected chi connectivity index (χ0v) is 12.9. The Bertz CT molecular complexity index is 524. The molecule has 2 rings (SSSR count). The Labute approximate surface area is 129 Å². The highest BCUT2D eigenvalue weighted by molar-refractivity contribution is 5.94. The third-order valence-corrected chi connectivity index (χ3v) is 4.13. The summed E-state index contributed by atoms with van der Waals surface area (Å²) in [6, 6.07) is 5.92. The molecule has 122 valence electrons. The Morgan fingerprint density at radius 2 is 2.09 bits per heavy atom. The van der Waals surface area contributed by atoms with E-state index in [1.807, 2.05) is 6.92 Å². The smallest absolute Gasteiger partial charge is 0.387 e. The molecule has 0 spiro atoms. The quantitative estimate of drug-likeness (QED) is 0.856. The molecule has 0 aliphatic carbocycles. The lowest BCUT2D eigenvalue weighted by molar-refractivity contribution is -0.0499. The van der Waals surface area contributed by atoms with E-state index in [0.717, 1.165) is 19.3 Å². The molecular weight excluding hydrogens is 292 g/mol. The molecular formula is C16H21F2NO3. The van der Waals surface area contributed by atoms with Gasteiger partial charge in [0, 0.05) is 25.8 Å². The van der Waals surface area contributed by atoms with Crippen molar-refractivity contribution < 1.29 is 23.0 Å². The Balaban J connectivity index is 2.08. The number of ether oxygens (including phenoxy) is 2. The van der Waals surface area contributed by atoms with Crippen molar-refractivity contribution in [3.8, 4) is 5.75 Å². The summed E-state index contributed by atoms with van der Waals surface area (Å²) in [5.74, 6) is -0.169. The van der Waals surface area contributed by atoms with E-state index in [4.69, 9.17) is 4.74 Å². The number of amides is 1. The SMILES string of the molecule is CO[C@@]1(C)CCCN(C(=O)c2cccc(OC(F)F)c2)CC1. The van der Waals surface area contributed by atoms with Crippen LogP contribution in [0.3, 0.4) is 0 Å². The van der Waals surface area contributed by atoms with Crippen LogP contribution < -0.4 is 4.74 Å². The number of hydrogen-bond donors (Lipinski definition) is 0. The van der Waals surface area contributed by atoms with Crippen LogP contribution in [0.15, 0.2) is 24.3 Å². The number of nitrogens with zero attached hydrogens (tertiary/aromatic N) is 1. The summed E-state index contributed by atoms with van der Waals surface area (Å²) < 4.78 is 34.4. The average molecular weight is 313 g/mol. The molecule has 22 heavy (non-hydrogen) atoms. The van der Waals surface area contributed by atoms with Crippen LogP contribution in [0.2, 0.25) is 0 Å². The van der Waals surface area contributed by atoms with Gasteiger partial charge in [-0.15, -0.1) is 0 Å². The molecule has 0 N–H and O–H groups in total. The maximum Gasteiger partial charge on any atom is 0.387 e. The van der Waals surface area contributed by atoms with Crippen LogP contribution >= 0.6 is 0 Å². The average Bonchev–Trinajstić information content (AvgIpc) is 2.69. The van der Waals surface area contributed by atoms with Crippen LogP contribution in [-0.4, -0.2) is 43.2 Å². The van der Waals surface area contributed by atoms with Gasteiger partial charge in [-0.1, -0.05) is 6.07 Å². The van der Waals surface area contributed by atoms with Crippen molar-refractivity contribution in [1.29, 1.82) is 0 Å². The first-order chi connectivity index (χ1) is 10.4. The van der Waals surface area contributed by atoms with Gasteiger partial charge in [0.15, 0.2) is 0 Å². The zero-order chi connectivity index (χ0) is 16.2. The first kappa shape index (κ1) is 16.7. The fourth-order valence-corrected chi connectivity index (χ4v) is 2.65. The predicted molar refractivity (Wildman–Crippen MR) is 78.2 cm³/mol. The van der Waals surface area contributed by atoms with E-state index >= 15 is 0 Å². The highest BCUT2D eigenvalue weighted by Crippen LogP contribution is 2.26. The molecule has 1 aromatic carbocycles. The number of likely N-dealkylation sites (tertiary alicyclic amines) is 1. The third-order valence-electron chi connectivity index (χ3n) is 4.13. The van der Waals surface area contributed by atoms with Crippen molar-refractivity contribution in [3.05, 3.63) is 29.8 Å². The lowest BCUT2D eigenvalue weighted by atomic mass is 9.97. The van der Waals surface area contributed by atoms with E-state index in [1.54, 1.807) is 24.1 Å². The van der Waals surface area contributed by atoms with Crippen LogP contribution in [-0.2, 0) is 4.74 Å². The number of alkyl halides is 2. The van der Waals surface area contributed by atoms with E-state index in [9.17, 15) is 13.6 Å². The van der Waals surface area contributed by atoms with Gasteiger partial charge in [0.05, 0.1) is 5.60 Å². The monoisotopic (exact) mass is 313 g/mol. The molecule has 0 aromatic heterocycles. The van der Waals surface area contributed by atoms with Gasteiger partial charge in [-0.2, -0.15) is 8.78 Å². The zero-order valence-electron chi connectivity index (χ0n) is 12.9. The summed E-state index contributed by atoms with van der Waals surface area (Å²) in [6.45, 7) is 0.366. The molecule has 0 saturated carbocycles. The molecule has 0 radical (unpaired) electrons. The standard InChI is InChI=1S/C16H21F2NO3/c1-16(21-2)7-4-9-19(10-8-16)14(20)12-5-3-6-13(11-12)22-15(17)18/h3,5-6,11,15H,4,7-10H2,1-2H3/t16-/m0/s1. The minimum absolute atomic E-state index is 0.00241. The van der Waals surface area contributed by atoms with Gasteiger partial charge in [0.25, 0.3) is 5.91 Å². The summed E-state index contributed by atoms with van der Waals surface area (Å²) in [5, 5.41) is 0. The summed E-state index contributed by atoms with van der Waals surface area (Å²) >= 11 is 0. The number of methoxy groups -OCH3 is 1. The van der Waals surface area contributed by atoms with Crippen LogP contribution in [0.1, 0.15) is 36.5 Å². The number of carbonyl (C=O) groups excluding carboxylic acids is 1. The van der Waals surface area contributed by atoms with Crippen LogP contribution in [0, 0.1) is 0 Å². The summed E-state index contributed by atoms with van der Waals surface area (Å²) in [6.07, 6.45) is 2.49. The summed E-state index contributed by atoms with van der Waals surface area (Å²) in [7, 11) is 1.68. The molecule has 1 fully saturated rings. The minimum Gasteiger partial charge on any atom is -0.435 e. The summed E-state index contributed by atoms with van der Waals surface area (Å²) in [5.41, 5.74) is 0.148. The fraction of sp³-hybridized carbons (Fsp3) is 0.562. The Morgan fingerprint density at radius 3 is 2.77 bits per heavy atom. The fourth-order valence-electron chi connectivity index (χ4n) is 2.65.